The summed E-state index contributed by atoms with van der Waals surface area (Å²) >= 11 is 3.41. The molecule has 3 N–H and O–H groups in total. The standard InChI is InChI=1S/C14H15BrN2O2S/c1-9-6-7-10(15)8-12(9)17-11-4-3-5-13(14(11)16)20(2,18)19/h3-8,17H,16H2,1-2H3. The van der Waals surface area contributed by atoms with Gasteiger partial charge in [-0.1, -0.05) is 28.1 Å². The summed E-state index contributed by atoms with van der Waals surface area (Å²) in [5, 5.41) is 3.17. The number of nitrogen functional groups attached to an aromatic ring is 1. The number of hydrogen-bond acceptors (Lipinski definition) is 4. The Hall–Kier alpha value is -1.53. The SMILES string of the molecule is Cc1ccc(Br)cc1Nc1cccc(S(C)(=O)=O)c1N. The molecule has 0 saturated heterocycles. The van der Waals surface area contributed by atoms with Crippen molar-refractivity contribution in [1.29, 1.82) is 0 Å². The smallest absolute Gasteiger partial charge is 0.177 e. The maximum atomic E-state index is 11.7. The van der Waals surface area contributed by atoms with Gasteiger partial charge in [-0.25, -0.2) is 8.42 Å². The molecule has 4 nitrogen and oxygen atoms in total. The second-order valence-electron chi connectivity index (χ2n) is 4.57. The molecule has 0 aliphatic heterocycles. The third kappa shape index (κ3) is 3.13. The van der Waals surface area contributed by atoms with Gasteiger partial charge in [0, 0.05) is 16.4 Å². The van der Waals surface area contributed by atoms with E-state index in [2.05, 4.69) is 21.2 Å². The summed E-state index contributed by atoms with van der Waals surface area (Å²) in [6.45, 7) is 1.96. The van der Waals surface area contributed by atoms with E-state index in [1.54, 1.807) is 12.1 Å². The highest BCUT2D eigenvalue weighted by Gasteiger charge is 2.14. The number of halogens is 1. The molecule has 2 rings (SSSR count). The molecule has 0 atom stereocenters. The Morgan fingerprint density at radius 2 is 1.85 bits per heavy atom. The molecule has 0 saturated carbocycles. The van der Waals surface area contributed by atoms with Gasteiger partial charge in [0.1, 0.15) is 0 Å². The van der Waals surface area contributed by atoms with E-state index < -0.39 is 9.84 Å². The summed E-state index contributed by atoms with van der Waals surface area (Å²) in [4.78, 5) is 0.134. The molecule has 0 bridgehead atoms. The first kappa shape index (κ1) is 14.9. The molecule has 6 heteroatoms. The van der Waals surface area contributed by atoms with E-state index in [1.165, 1.54) is 6.07 Å². The molecule has 0 aliphatic carbocycles. The fourth-order valence-corrected chi connectivity index (χ4v) is 3.05. The van der Waals surface area contributed by atoms with Crippen molar-refractivity contribution in [2.24, 2.45) is 0 Å². The summed E-state index contributed by atoms with van der Waals surface area (Å²) in [5.41, 5.74) is 8.67. The van der Waals surface area contributed by atoms with Crippen LogP contribution in [0.15, 0.2) is 45.8 Å². The Balaban J connectivity index is 2.47. The van der Waals surface area contributed by atoms with Crippen molar-refractivity contribution in [2.45, 2.75) is 11.8 Å². The highest BCUT2D eigenvalue weighted by Crippen LogP contribution is 2.31. The van der Waals surface area contributed by atoms with Gasteiger partial charge in [-0.3, -0.25) is 0 Å². The lowest BCUT2D eigenvalue weighted by atomic mass is 10.2. The van der Waals surface area contributed by atoms with E-state index in [0.29, 0.717) is 5.69 Å². The summed E-state index contributed by atoms with van der Waals surface area (Å²) in [6, 6.07) is 10.7. The van der Waals surface area contributed by atoms with Gasteiger partial charge in [0.25, 0.3) is 0 Å². The van der Waals surface area contributed by atoms with Crippen molar-refractivity contribution in [1.82, 2.24) is 0 Å². The molecule has 106 valence electrons. The van der Waals surface area contributed by atoms with Crippen LogP contribution in [0.3, 0.4) is 0 Å². The summed E-state index contributed by atoms with van der Waals surface area (Å²) in [7, 11) is -3.34. The molecular weight excluding hydrogens is 340 g/mol. The molecule has 0 unspecified atom stereocenters. The van der Waals surface area contributed by atoms with Gasteiger partial charge in [-0.15, -0.1) is 0 Å². The number of anilines is 3. The summed E-state index contributed by atoms with van der Waals surface area (Å²) in [5.74, 6) is 0. The Morgan fingerprint density at radius 3 is 2.50 bits per heavy atom. The average Bonchev–Trinajstić information content (AvgIpc) is 2.35. The number of hydrogen-bond donors (Lipinski definition) is 2. The molecule has 0 radical (unpaired) electrons. The maximum Gasteiger partial charge on any atom is 0.177 e. The molecule has 0 fully saturated rings. The van der Waals surface area contributed by atoms with Gasteiger partial charge in [-0.05, 0) is 36.8 Å². The third-order valence-electron chi connectivity index (χ3n) is 2.93. The minimum Gasteiger partial charge on any atom is -0.396 e. The van der Waals surface area contributed by atoms with Crippen LogP contribution in [0.25, 0.3) is 0 Å². The van der Waals surface area contributed by atoms with Gasteiger partial charge < -0.3 is 11.1 Å². The van der Waals surface area contributed by atoms with E-state index in [4.69, 9.17) is 5.73 Å². The summed E-state index contributed by atoms with van der Waals surface area (Å²) < 4.78 is 24.3. The predicted octanol–water partition coefficient (Wildman–Crippen LogP) is 3.49. The van der Waals surface area contributed by atoms with E-state index in [0.717, 1.165) is 22.0 Å². The van der Waals surface area contributed by atoms with Crippen LogP contribution in [0.2, 0.25) is 0 Å². The largest absolute Gasteiger partial charge is 0.396 e. The Kier molecular flexibility index (Phi) is 4.06. The second kappa shape index (κ2) is 5.46. The first-order valence-corrected chi connectivity index (χ1v) is 8.59. The maximum absolute atomic E-state index is 11.7. The van der Waals surface area contributed by atoms with Gasteiger partial charge in [0.15, 0.2) is 9.84 Å². The number of rotatable bonds is 3. The highest BCUT2D eigenvalue weighted by molar-refractivity contribution is 9.10. The number of aryl methyl sites for hydroxylation is 1. The first-order valence-electron chi connectivity index (χ1n) is 5.91. The molecule has 2 aromatic carbocycles. The van der Waals surface area contributed by atoms with Crippen LogP contribution < -0.4 is 11.1 Å². The third-order valence-corrected chi connectivity index (χ3v) is 4.58. The van der Waals surface area contributed by atoms with Gasteiger partial charge in [-0.2, -0.15) is 0 Å². The van der Waals surface area contributed by atoms with Crippen LogP contribution in [0.4, 0.5) is 17.1 Å². The van der Waals surface area contributed by atoms with Crippen LogP contribution in [0.5, 0.6) is 0 Å². The molecule has 2 aromatic rings. The highest BCUT2D eigenvalue weighted by atomic mass is 79.9. The Morgan fingerprint density at radius 1 is 1.15 bits per heavy atom. The average molecular weight is 355 g/mol. The lowest BCUT2D eigenvalue weighted by Gasteiger charge is -2.14. The Labute approximate surface area is 127 Å². The van der Waals surface area contributed by atoms with E-state index >= 15 is 0 Å². The van der Waals surface area contributed by atoms with Crippen LogP contribution >= 0.6 is 15.9 Å². The quantitative estimate of drug-likeness (QED) is 0.827. The van der Waals surface area contributed by atoms with Crippen LogP contribution in [-0.2, 0) is 9.84 Å². The normalized spacial score (nSPS) is 11.3. The molecule has 0 amide bonds. The van der Waals surface area contributed by atoms with Crippen LogP contribution in [0.1, 0.15) is 5.56 Å². The predicted molar refractivity (Wildman–Crippen MR) is 86.1 cm³/mol. The number of para-hydroxylation sites is 1. The number of benzene rings is 2. The van der Waals surface area contributed by atoms with E-state index in [9.17, 15) is 8.42 Å². The van der Waals surface area contributed by atoms with Crippen LogP contribution in [0, 0.1) is 6.92 Å². The summed E-state index contributed by atoms with van der Waals surface area (Å²) in [6.07, 6.45) is 1.15. The topological polar surface area (TPSA) is 72.2 Å². The minimum atomic E-state index is -3.34. The fraction of sp³-hybridized carbons (Fsp3) is 0.143. The monoisotopic (exact) mass is 354 g/mol. The van der Waals surface area contributed by atoms with E-state index in [1.807, 2.05) is 25.1 Å². The van der Waals surface area contributed by atoms with Gasteiger partial charge in [0.05, 0.1) is 16.3 Å². The second-order valence-corrected chi connectivity index (χ2v) is 7.47. The van der Waals surface area contributed by atoms with E-state index in [-0.39, 0.29) is 10.6 Å². The van der Waals surface area contributed by atoms with Gasteiger partial charge in [0.2, 0.25) is 0 Å². The molecule has 0 spiro atoms. The lowest BCUT2D eigenvalue weighted by molar-refractivity contribution is 0.602. The van der Waals surface area contributed by atoms with Crippen molar-refractivity contribution in [3.63, 3.8) is 0 Å². The molecule has 0 heterocycles. The number of nitrogens with one attached hydrogen (secondary N) is 1. The molecule has 0 aliphatic rings. The lowest BCUT2D eigenvalue weighted by Crippen LogP contribution is -2.05. The molecule has 0 aromatic heterocycles. The van der Waals surface area contributed by atoms with Crippen molar-refractivity contribution in [2.75, 3.05) is 17.3 Å². The zero-order valence-electron chi connectivity index (χ0n) is 11.1. The number of sulfone groups is 1. The van der Waals surface area contributed by atoms with Crippen molar-refractivity contribution in [3.05, 3.63) is 46.4 Å². The molecular formula is C14H15BrN2O2S. The Bertz CT molecular complexity index is 758. The molecule has 20 heavy (non-hydrogen) atoms. The van der Waals surface area contributed by atoms with Crippen molar-refractivity contribution >= 4 is 42.8 Å². The van der Waals surface area contributed by atoms with Crippen molar-refractivity contribution in [3.8, 4) is 0 Å². The first-order chi connectivity index (χ1) is 9.29. The van der Waals surface area contributed by atoms with Crippen LogP contribution in [-0.4, -0.2) is 14.7 Å². The zero-order chi connectivity index (χ0) is 14.9. The van der Waals surface area contributed by atoms with Gasteiger partial charge >= 0.3 is 0 Å². The fourth-order valence-electron chi connectivity index (χ4n) is 1.85. The zero-order valence-corrected chi connectivity index (χ0v) is 13.5. The number of nitrogens with two attached hydrogens (primary N) is 1. The van der Waals surface area contributed by atoms with Crippen molar-refractivity contribution < 1.29 is 8.42 Å². The minimum absolute atomic E-state index is 0.134.